The second kappa shape index (κ2) is 8.22. The number of methoxy groups -OCH3 is 1. The summed E-state index contributed by atoms with van der Waals surface area (Å²) in [6.45, 7) is 2.25. The maximum atomic E-state index is 14.2. The molecule has 2 aromatic carbocycles. The van der Waals surface area contributed by atoms with Crippen molar-refractivity contribution in [2.45, 2.75) is 19.4 Å². The van der Waals surface area contributed by atoms with E-state index in [4.69, 9.17) is 16.2 Å². The van der Waals surface area contributed by atoms with E-state index in [1.807, 2.05) is 13.0 Å². The number of ether oxygens (including phenoxy) is 1. The molecule has 7 heteroatoms. The summed E-state index contributed by atoms with van der Waals surface area (Å²) >= 11 is 0. The monoisotopic (exact) mass is 382 g/mol. The number of amides is 1. The summed E-state index contributed by atoms with van der Waals surface area (Å²) in [7, 11) is 1.42. The van der Waals surface area contributed by atoms with Crippen LogP contribution in [0.5, 0.6) is 5.75 Å². The molecule has 0 aliphatic heterocycles. The predicted octanol–water partition coefficient (Wildman–Crippen LogP) is 3.16. The highest BCUT2D eigenvalue weighted by atomic mass is 19.1. The van der Waals surface area contributed by atoms with Crippen molar-refractivity contribution >= 4 is 22.5 Å². The van der Waals surface area contributed by atoms with E-state index in [9.17, 15) is 9.18 Å². The van der Waals surface area contributed by atoms with E-state index < -0.39 is 11.7 Å². The van der Waals surface area contributed by atoms with E-state index in [2.05, 4.69) is 10.3 Å². The van der Waals surface area contributed by atoms with Crippen molar-refractivity contribution in [1.29, 1.82) is 0 Å². The first-order valence-corrected chi connectivity index (χ1v) is 9.00. The number of rotatable bonds is 7. The minimum atomic E-state index is -0.541. The van der Waals surface area contributed by atoms with Gasteiger partial charge in [0.25, 0.3) is 5.91 Å². The number of benzene rings is 2. The molecule has 5 N–H and O–H groups in total. The first kappa shape index (κ1) is 19.6. The SMILES string of the molecule is CCc1cnc2c(C(N)=O)cccc2c1N[C@H](CN)c1ccc(OC)c(F)c1. The lowest BCUT2D eigenvalue weighted by Gasteiger charge is -2.22. The zero-order chi connectivity index (χ0) is 20.3. The molecular weight excluding hydrogens is 359 g/mol. The molecule has 1 aromatic heterocycles. The zero-order valence-electron chi connectivity index (χ0n) is 15.8. The molecule has 1 heterocycles. The molecule has 1 atom stereocenters. The van der Waals surface area contributed by atoms with Gasteiger partial charge in [-0.1, -0.05) is 25.1 Å². The number of pyridine rings is 1. The van der Waals surface area contributed by atoms with Crippen LogP contribution in [0, 0.1) is 5.82 Å². The van der Waals surface area contributed by atoms with Crippen LogP contribution in [0.15, 0.2) is 42.6 Å². The molecule has 0 saturated carbocycles. The number of aromatic nitrogens is 1. The Kier molecular flexibility index (Phi) is 5.75. The summed E-state index contributed by atoms with van der Waals surface area (Å²) in [6, 6.07) is 9.70. The number of para-hydroxylation sites is 1. The Morgan fingerprint density at radius 1 is 1.32 bits per heavy atom. The number of carbonyl (C=O) groups is 1. The van der Waals surface area contributed by atoms with Crippen LogP contribution in [-0.2, 0) is 6.42 Å². The van der Waals surface area contributed by atoms with Gasteiger partial charge in [-0.15, -0.1) is 0 Å². The van der Waals surface area contributed by atoms with Crippen LogP contribution in [0.1, 0.15) is 34.5 Å². The molecule has 3 aromatic rings. The smallest absolute Gasteiger partial charge is 0.250 e. The van der Waals surface area contributed by atoms with Gasteiger partial charge >= 0.3 is 0 Å². The number of anilines is 1. The highest BCUT2D eigenvalue weighted by Crippen LogP contribution is 2.32. The van der Waals surface area contributed by atoms with Gasteiger partial charge < -0.3 is 21.5 Å². The van der Waals surface area contributed by atoms with E-state index in [0.717, 1.165) is 23.1 Å². The largest absolute Gasteiger partial charge is 0.494 e. The zero-order valence-corrected chi connectivity index (χ0v) is 15.8. The van der Waals surface area contributed by atoms with Crippen LogP contribution in [0.25, 0.3) is 10.9 Å². The Morgan fingerprint density at radius 2 is 2.11 bits per heavy atom. The molecule has 0 fully saturated rings. The van der Waals surface area contributed by atoms with Gasteiger partial charge in [-0.3, -0.25) is 9.78 Å². The van der Waals surface area contributed by atoms with Gasteiger partial charge in [0.15, 0.2) is 11.6 Å². The molecule has 0 unspecified atom stereocenters. The van der Waals surface area contributed by atoms with Crippen molar-refractivity contribution in [1.82, 2.24) is 4.98 Å². The van der Waals surface area contributed by atoms with Crippen molar-refractivity contribution in [2.24, 2.45) is 11.5 Å². The predicted molar refractivity (Wildman–Crippen MR) is 108 cm³/mol. The second-order valence-electron chi connectivity index (χ2n) is 6.40. The molecular formula is C21H23FN4O2. The Hall–Kier alpha value is -3.19. The fourth-order valence-corrected chi connectivity index (χ4v) is 3.25. The summed E-state index contributed by atoms with van der Waals surface area (Å²) in [5, 5.41) is 4.18. The number of aryl methyl sites for hydroxylation is 1. The summed E-state index contributed by atoms with van der Waals surface area (Å²) in [6.07, 6.45) is 2.44. The van der Waals surface area contributed by atoms with Crippen LogP contribution in [0.4, 0.5) is 10.1 Å². The van der Waals surface area contributed by atoms with Crippen molar-refractivity contribution in [2.75, 3.05) is 19.0 Å². The van der Waals surface area contributed by atoms with Crippen LogP contribution in [-0.4, -0.2) is 24.5 Å². The molecule has 1 amide bonds. The third kappa shape index (κ3) is 3.61. The molecule has 0 aliphatic carbocycles. The van der Waals surface area contributed by atoms with Crippen LogP contribution >= 0.6 is 0 Å². The van der Waals surface area contributed by atoms with Crippen molar-refractivity contribution < 1.29 is 13.9 Å². The highest BCUT2D eigenvalue weighted by Gasteiger charge is 2.18. The lowest BCUT2D eigenvalue weighted by atomic mass is 10.0. The van der Waals surface area contributed by atoms with Crippen molar-refractivity contribution in [3.63, 3.8) is 0 Å². The van der Waals surface area contributed by atoms with Crippen LogP contribution in [0.2, 0.25) is 0 Å². The Bertz CT molecular complexity index is 1020. The highest BCUT2D eigenvalue weighted by molar-refractivity contribution is 6.08. The average Bonchev–Trinajstić information content (AvgIpc) is 2.71. The number of fused-ring (bicyclic) bond motifs is 1. The molecule has 6 nitrogen and oxygen atoms in total. The normalized spacial score (nSPS) is 12.0. The topological polar surface area (TPSA) is 103 Å². The number of hydrogen-bond donors (Lipinski definition) is 3. The molecule has 3 rings (SSSR count). The lowest BCUT2D eigenvalue weighted by Crippen LogP contribution is -2.22. The summed E-state index contributed by atoms with van der Waals surface area (Å²) < 4.78 is 19.2. The summed E-state index contributed by atoms with van der Waals surface area (Å²) in [5.74, 6) is -0.818. The molecule has 28 heavy (non-hydrogen) atoms. The fourth-order valence-electron chi connectivity index (χ4n) is 3.25. The Balaban J connectivity index is 2.10. The first-order valence-electron chi connectivity index (χ1n) is 9.00. The Labute approximate surface area is 162 Å². The second-order valence-corrected chi connectivity index (χ2v) is 6.40. The number of nitrogens with one attached hydrogen (secondary N) is 1. The van der Waals surface area contributed by atoms with E-state index in [0.29, 0.717) is 16.6 Å². The van der Waals surface area contributed by atoms with Gasteiger partial charge in [-0.05, 0) is 35.7 Å². The van der Waals surface area contributed by atoms with Gasteiger partial charge in [0.05, 0.1) is 24.2 Å². The van der Waals surface area contributed by atoms with Gasteiger partial charge in [-0.2, -0.15) is 0 Å². The minimum absolute atomic E-state index is 0.175. The van der Waals surface area contributed by atoms with E-state index in [1.54, 1.807) is 30.5 Å². The third-order valence-corrected chi connectivity index (χ3v) is 4.75. The van der Waals surface area contributed by atoms with Gasteiger partial charge in [-0.25, -0.2) is 4.39 Å². The maximum Gasteiger partial charge on any atom is 0.250 e. The number of nitrogens with zero attached hydrogens (tertiary/aromatic N) is 1. The van der Waals surface area contributed by atoms with Gasteiger partial charge in [0.2, 0.25) is 0 Å². The molecule has 146 valence electrons. The number of primary amides is 1. The van der Waals surface area contributed by atoms with Crippen LogP contribution in [0.3, 0.4) is 0 Å². The molecule has 0 spiro atoms. The third-order valence-electron chi connectivity index (χ3n) is 4.75. The van der Waals surface area contributed by atoms with E-state index >= 15 is 0 Å². The van der Waals surface area contributed by atoms with Crippen molar-refractivity contribution in [3.8, 4) is 5.75 Å². The number of halogens is 1. The van der Waals surface area contributed by atoms with Gasteiger partial charge in [0.1, 0.15) is 0 Å². The standard InChI is InChI=1S/C21H23FN4O2/c1-3-12-11-25-20-14(5-4-6-15(20)21(24)27)19(12)26-17(10-23)13-7-8-18(28-2)16(22)9-13/h4-9,11,17H,3,10,23H2,1-2H3,(H2,24,27)(H,25,26)/t17-/m1/s1. The molecule has 0 aliphatic rings. The van der Waals surface area contributed by atoms with Gasteiger partial charge in [0, 0.05) is 23.8 Å². The van der Waals surface area contributed by atoms with E-state index in [-0.39, 0.29) is 18.3 Å². The number of hydrogen-bond acceptors (Lipinski definition) is 5. The average molecular weight is 382 g/mol. The lowest BCUT2D eigenvalue weighted by molar-refractivity contribution is 0.100. The van der Waals surface area contributed by atoms with E-state index in [1.165, 1.54) is 13.2 Å². The van der Waals surface area contributed by atoms with Crippen molar-refractivity contribution in [3.05, 3.63) is 65.1 Å². The number of nitrogens with two attached hydrogens (primary N) is 2. The fraction of sp³-hybridized carbons (Fsp3) is 0.238. The Morgan fingerprint density at radius 3 is 2.71 bits per heavy atom. The molecule has 0 bridgehead atoms. The number of carbonyl (C=O) groups excluding carboxylic acids is 1. The first-order chi connectivity index (χ1) is 13.5. The molecule has 0 saturated heterocycles. The quantitative estimate of drug-likeness (QED) is 0.582. The molecule has 0 radical (unpaired) electrons. The minimum Gasteiger partial charge on any atom is -0.494 e. The maximum absolute atomic E-state index is 14.2. The van der Waals surface area contributed by atoms with Crippen LogP contribution < -0.4 is 21.5 Å². The summed E-state index contributed by atoms with van der Waals surface area (Å²) in [4.78, 5) is 16.2. The summed E-state index contributed by atoms with van der Waals surface area (Å²) in [5.41, 5.74) is 14.8.